The van der Waals surface area contributed by atoms with Crippen LogP contribution in [0.15, 0.2) is 61.2 Å². The number of amides is 1. The minimum Gasteiger partial charge on any atom is -0.442 e. The standard InChI is InChI=1S/C24H25ClN6O2/c1-17(18-3-6-21(25)7-4-18)33-24(32)30-11-9-29(10-12-30)23-14-27-31-16-19(5-8-22(23)31)20-13-26-28(2)15-20/h3-8,13-17H,9-12H2,1-2H3/t17-/m1/s1. The topological polar surface area (TPSA) is 67.9 Å². The van der Waals surface area contributed by atoms with Gasteiger partial charge in [-0.15, -0.1) is 0 Å². The highest BCUT2D eigenvalue weighted by Gasteiger charge is 2.25. The molecule has 1 aromatic carbocycles. The lowest BCUT2D eigenvalue weighted by Crippen LogP contribution is -2.49. The van der Waals surface area contributed by atoms with E-state index in [9.17, 15) is 4.79 Å². The van der Waals surface area contributed by atoms with Crippen molar-refractivity contribution in [3.8, 4) is 11.1 Å². The molecule has 170 valence electrons. The number of carbonyl (C=O) groups excluding carboxylic acids is 1. The van der Waals surface area contributed by atoms with Gasteiger partial charge in [0.05, 0.1) is 23.6 Å². The van der Waals surface area contributed by atoms with Gasteiger partial charge in [0, 0.05) is 61.8 Å². The third kappa shape index (κ3) is 4.39. The molecule has 33 heavy (non-hydrogen) atoms. The SMILES string of the molecule is C[C@@H](OC(=O)N1CCN(c2cnn3cc(-c4cnn(C)c4)ccc23)CC1)c1ccc(Cl)cc1. The number of ether oxygens (including phenoxy) is 1. The van der Waals surface area contributed by atoms with Crippen LogP contribution in [0.4, 0.5) is 10.5 Å². The first kappa shape index (κ1) is 21.3. The number of aryl methyl sites for hydroxylation is 1. The molecule has 1 saturated heterocycles. The number of piperazine rings is 1. The lowest BCUT2D eigenvalue weighted by Gasteiger charge is -2.35. The first-order valence-electron chi connectivity index (χ1n) is 10.9. The maximum absolute atomic E-state index is 12.7. The van der Waals surface area contributed by atoms with E-state index in [1.807, 2.05) is 55.4 Å². The minimum absolute atomic E-state index is 0.293. The summed E-state index contributed by atoms with van der Waals surface area (Å²) >= 11 is 5.94. The van der Waals surface area contributed by atoms with E-state index in [1.165, 1.54) is 0 Å². The summed E-state index contributed by atoms with van der Waals surface area (Å²) in [6, 6.07) is 11.5. The minimum atomic E-state index is -0.332. The third-order valence-electron chi connectivity index (χ3n) is 6.03. The maximum atomic E-state index is 12.7. The Morgan fingerprint density at radius 2 is 1.73 bits per heavy atom. The molecule has 0 N–H and O–H groups in total. The monoisotopic (exact) mass is 464 g/mol. The van der Waals surface area contributed by atoms with Crippen LogP contribution in [-0.4, -0.2) is 56.6 Å². The van der Waals surface area contributed by atoms with E-state index in [2.05, 4.69) is 27.2 Å². The average molecular weight is 465 g/mol. The van der Waals surface area contributed by atoms with Gasteiger partial charge in [-0.05, 0) is 30.7 Å². The number of anilines is 1. The Hall–Kier alpha value is -3.52. The lowest BCUT2D eigenvalue weighted by atomic mass is 10.1. The highest BCUT2D eigenvalue weighted by Crippen LogP contribution is 2.27. The molecule has 1 atom stereocenters. The number of hydrogen-bond donors (Lipinski definition) is 0. The Morgan fingerprint density at radius 3 is 2.42 bits per heavy atom. The van der Waals surface area contributed by atoms with Crippen LogP contribution in [0.5, 0.6) is 0 Å². The van der Waals surface area contributed by atoms with Crippen molar-refractivity contribution >= 4 is 28.9 Å². The quantitative estimate of drug-likeness (QED) is 0.447. The van der Waals surface area contributed by atoms with Gasteiger partial charge < -0.3 is 14.5 Å². The van der Waals surface area contributed by atoms with Crippen molar-refractivity contribution in [3.05, 3.63) is 71.8 Å². The van der Waals surface area contributed by atoms with Gasteiger partial charge in [-0.1, -0.05) is 29.8 Å². The molecule has 1 fully saturated rings. The molecule has 1 aliphatic rings. The van der Waals surface area contributed by atoms with Gasteiger partial charge in [0.15, 0.2) is 0 Å². The molecule has 0 unspecified atom stereocenters. The summed E-state index contributed by atoms with van der Waals surface area (Å²) in [5, 5.41) is 9.46. The summed E-state index contributed by atoms with van der Waals surface area (Å²) in [5.74, 6) is 0. The van der Waals surface area contributed by atoms with Crippen LogP contribution in [0, 0.1) is 0 Å². The number of nitrogens with zero attached hydrogens (tertiary/aromatic N) is 6. The van der Waals surface area contributed by atoms with Gasteiger partial charge in [0.1, 0.15) is 6.10 Å². The summed E-state index contributed by atoms with van der Waals surface area (Å²) in [7, 11) is 1.90. The lowest BCUT2D eigenvalue weighted by molar-refractivity contribution is 0.0681. The van der Waals surface area contributed by atoms with Gasteiger partial charge in [-0.3, -0.25) is 4.68 Å². The van der Waals surface area contributed by atoms with Crippen LogP contribution in [-0.2, 0) is 11.8 Å². The molecule has 0 spiro atoms. The van der Waals surface area contributed by atoms with Gasteiger partial charge in [-0.2, -0.15) is 10.2 Å². The van der Waals surface area contributed by atoms with Crippen molar-refractivity contribution in [2.24, 2.45) is 7.05 Å². The molecule has 0 bridgehead atoms. The molecule has 4 aromatic rings. The third-order valence-corrected chi connectivity index (χ3v) is 6.28. The molecule has 8 nitrogen and oxygen atoms in total. The van der Waals surface area contributed by atoms with Crippen LogP contribution in [0.25, 0.3) is 16.6 Å². The Bertz CT molecular complexity index is 1270. The van der Waals surface area contributed by atoms with E-state index in [0.29, 0.717) is 18.1 Å². The molecule has 1 aliphatic heterocycles. The largest absolute Gasteiger partial charge is 0.442 e. The van der Waals surface area contributed by atoms with Gasteiger partial charge in [0.2, 0.25) is 0 Å². The van der Waals surface area contributed by atoms with E-state index >= 15 is 0 Å². The summed E-state index contributed by atoms with van der Waals surface area (Å²) in [5.41, 5.74) is 5.14. The summed E-state index contributed by atoms with van der Waals surface area (Å²) in [6.07, 6.45) is 7.11. The average Bonchev–Trinajstić information content (AvgIpc) is 3.45. The number of fused-ring (bicyclic) bond motifs is 1. The Balaban J connectivity index is 1.22. The van der Waals surface area contributed by atoms with E-state index < -0.39 is 0 Å². The van der Waals surface area contributed by atoms with E-state index in [1.54, 1.807) is 21.7 Å². The summed E-state index contributed by atoms with van der Waals surface area (Å²) < 4.78 is 9.35. The number of halogens is 1. The fourth-order valence-corrected chi connectivity index (χ4v) is 4.24. The molecular formula is C24H25ClN6O2. The van der Waals surface area contributed by atoms with Gasteiger partial charge in [0.25, 0.3) is 0 Å². The molecular weight excluding hydrogens is 440 g/mol. The molecule has 3 aromatic heterocycles. The number of carbonyl (C=O) groups is 1. The summed E-state index contributed by atoms with van der Waals surface area (Å²) in [4.78, 5) is 16.7. The van der Waals surface area contributed by atoms with Crippen LogP contribution in [0.1, 0.15) is 18.6 Å². The zero-order valence-corrected chi connectivity index (χ0v) is 19.3. The fourth-order valence-electron chi connectivity index (χ4n) is 4.11. The second-order valence-electron chi connectivity index (χ2n) is 8.23. The van der Waals surface area contributed by atoms with Crippen molar-refractivity contribution in [3.63, 3.8) is 0 Å². The zero-order valence-electron chi connectivity index (χ0n) is 18.6. The Kier molecular flexibility index (Phi) is 5.68. The van der Waals surface area contributed by atoms with E-state index in [0.717, 1.165) is 41.0 Å². The van der Waals surface area contributed by atoms with Crippen LogP contribution in [0.3, 0.4) is 0 Å². The number of hydrogen-bond acceptors (Lipinski definition) is 5. The highest BCUT2D eigenvalue weighted by molar-refractivity contribution is 6.30. The number of aromatic nitrogens is 4. The van der Waals surface area contributed by atoms with Crippen molar-refractivity contribution in [2.75, 3.05) is 31.1 Å². The van der Waals surface area contributed by atoms with Crippen molar-refractivity contribution in [1.29, 1.82) is 0 Å². The molecule has 0 saturated carbocycles. The first-order valence-corrected chi connectivity index (χ1v) is 11.3. The number of benzene rings is 1. The molecule has 5 rings (SSSR count). The van der Waals surface area contributed by atoms with Gasteiger partial charge >= 0.3 is 6.09 Å². The van der Waals surface area contributed by atoms with Crippen LogP contribution < -0.4 is 4.90 Å². The van der Waals surface area contributed by atoms with E-state index in [-0.39, 0.29) is 12.2 Å². The van der Waals surface area contributed by atoms with Crippen LogP contribution >= 0.6 is 11.6 Å². The van der Waals surface area contributed by atoms with Crippen molar-refractivity contribution in [2.45, 2.75) is 13.0 Å². The van der Waals surface area contributed by atoms with Gasteiger partial charge in [-0.25, -0.2) is 9.31 Å². The number of rotatable bonds is 4. The number of pyridine rings is 1. The summed E-state index contributed by atoms with van der Waals surface area (Å²) in [6.45, 7) is 4.50. The second-order valence-corrected chi connectivity index (χ2v) is 8.67. The molecule has 9 heteroatoms. The Labute approximate surface area is 196 Å². The smallest absolute Gasteiger partial charge is 0.410 e. The second kappa shape index (κ2) is 8.78. The van der Waals surface area contributed by atoms with Crippen molar-refractivity contribution < 1.29 is 9.53 Å². The van der Waals surface area contributed by atoms with Crippen LogP contribution in [0.2, 0.25) is 5.02 Å². The predicted molar refractivity (Wildman–Crippen MR) is 128 cm³/mol. The molecule has 4 heterocycles. The molecule has 0 radical (unpaired) electrons. The molecule has 1 amide bonds. The molecule has 0 aliphatic carbocycles. The van der Waals surface area contributed by atoms with Crippen molar-refractivity contribution in [1.82, 2.24) is 24.3 Å². The van der Waals surface area contributed by atoms with E-state index in [4.69, 9.17) is 16.3 Å². The fraction of sp³-hybridized carbons (Fsp3) is 0.292. The Morgan fingerprint density at radius 1 is 0.970 bits per heavy atom. The first-order chi connectivity index (χ1) is 16.0. The normalized spacial score (nSPS) is 15.1. The maximum Gasteiger partial charge on any atom is 0.410 e. The zero-order chi connectivity index (χ0) is 22.9. The predicted octanol–water partition coefficient (Wildman–Crippen LogP) is 4.41. The highest BCUT2D eigenvalue weighted by atomic mass is 35.5.